The molecule has 0 heterocycles. The number of rotatable bonds is 1. The van der Waals surface area contributed by atoms with Crippen molar-refractivity contribution in [3.63, 3.8) is 0 Å². The van der Waals surface area contributed by atoms with E-state index in [0.717, 1.165) is 0 Å². The van der Waals surface area contributed by atoms with Gasteiger partial charge < -0.3 is 5.92 Å². The molecule has 0 atom stereocenters. The zero-order valence-corrected chi connectivity index (χ0v) is 9.70. The van der Waals surface area contributed by atoms with E-state index in [4.69, 9.17) is 0 Å². The molecule has 0 aromatic carbocycles. The molecule has 0 amide bonds. The van der Waals surface area contributed by atoms with Gasteiger partial charge in [-0.05, 0) is 0 Å². The van der Waals surface area contributed by atoms with Crippen molar-refractivity contribution in [1.29, 1.82) is 0 Å². The van der Waals surface area contributed by atoms with E-state index in [1.807, 2.05) is 0 Å². The Bertz CT molecular complexity index is 46.3. The van der Waals surface area contributed by atoms with E-state index in [1.165, 1.54) is 32.1 Å². The van der Waals surface area contributed by atoms with Crippen LogP contribution in [0.25, 0.3) is 0 Å². The van der Waals surface area contributed by atoms with Crippen molar-refractivity contribution in [1.82, 2.24) is 0 Å². The van der Waals surface area contributed by atoms with E-state index in [2.05, 4.69) is 6.92 Å². The second-order valence-corrected chi connectivity index (χ2v) is 2.31. The van der Waals surface area contributed by atoms with Crippen LogP contribution in [0, 0.1) is 37.0 Å². The van der Waals surface area contributed by atoms with Gasteiger partial charge in [0.2, 0.25) is 0 Å². The van der Waals surface area contributed by atoms with Crippen LogP contribution >= 0.6 is 0 Å². The SMILES string of the molecule is CC[C-]1CCCC1.[U]. The van der Waals surface area contributed by atoms with Crippen molar-refractivity contribution in [2.45, 2.75) is 39.0 Å². The van der Waals surface area contributed by atoms with Crippen LogP contribution in [0.2, 0.25) is 0 Å². The van der Waals surface area contributed by atoms with E-state index >= 15 is 0 Å². The monoisotopic (exact) mass is 335 g/mol. The maximum absolute atomic E-state index is 2.26. The average Bonchev–Trinajstić information content (AvgIpc) is 2.14. The minimum atomic E-state index is 0. The van der Waals surface area contributed by atoms with Crippen LogP contribution in [0.1, 0.15) is 39.0 Å². The molecular formula is C7H13U-. The molecule has 0 nitrogen and oxygen atoms in total. The molecular weight excluding hydrogens is 322 g/mol. The normalized spacial score (nSPS) is 20.6. The summed E-state index contributed by atoms with van der Waals surface area (Å²) >= 11 is 0. The van der Waals surface area contributed by atoms with Gasteiger partial charge in [0, 0.05) is 31.1 Å². The van der Waals surface area contributed by atoms with Gasteiger partial charge in [0.15, 0.2) is 0 Å². The van der Waals surface area contributed by atoms with Gasteiger partial charge in [-0.15, -0.1) is 0 Å². The molecule has 1 heteroatoms. The van der Waals surface area contributed by atoms with Crippen LogP contribution in [0.15, 0.2) is 0 Å². The van der Waals surface area contributed by atoms with E-state index in [0.29, 0.717) is 0 Å². The first kappa shape index (κ1) is 9.05. The van der Waals surface area contributed by atoms with Crippen molar-refractivity contribution in [2.75, 3.05) is 0 Å². The molecule has 1 fully saturated rings. The van der Waals surface area contributed by atoms with Gasteiger partial charge in [0.05, 0.1) is 0 Å². The van der Waals surface area contributed by atoms with Gasteiger partial charge in [-0.25, -0.2) is 0 Å². The Kier molecular flexibility index (Phi) is 5.53. The van der Waals surface area contributed by atoms with Crippen LogP contribution < -0.4 is 0 Å². The van der Waals surface area contributed by atoms with E-state index in [-0.39, 0.29) is 31.1 Å². The molecule has 0 saturated heterocycles. The smallest absolute Gasteiger partial charge is 0 e. The Hall–Kier alpha value is 1.05. The Morgan fingerprint density at radius 1 is 1.25 bits per heavy atom. The molecule has 0 spiro atoms. The van der Waals surface area contributed by atoms with Crippen LogP contribution in [0.4, 0.5) is 0 Å². The largest absolute Gasteiger partial charge is 0.314 e. The Morgan fingerprint density at radius 3 is 2.00 bits per heavy atom. The van der Waals surface area contributed by atoms with Crippen molar-refractivity contribution in [2.24, 2.45) is 0 Å². The zero-order chi connectivity index (χ0) is 5.11. The molecule has 0 aromatic rings. The maximum Gasteiger partial charge on any atom is 0 e. The van der Waals surface area contributed by atoms with Gasteiger partial charge in [0.1, 0.15) is 0 Å². The average molecular weight is 335 g/mol. The second kappa shape index (κ2) is 4.89. The molecule has 0 radical (unpaired) electrons. The Morgan fingerprint density at radius 2 is 1.75 bits per heavy atom. The van der Waals surface area contributed by atoms with Crippen molar-refractivity contribution < 1.29 is 31.1 Å². The molecule has 1 rings (SSSR count). The molecule has 0 bridgehead atoms. The third-order valence-corrected chi connectivity index (χ3v) is 1.81. The maximum atomic E-state index is 2.26. The standard InChI is InChI=1S/C7H13.U/c1-2-7-5-3-4-6-7;/h2-6H2,1H3;/q-1;. The quantitative estimate of drug-likeness (QED) is 0.646. The summed E-state index contributed by atoms with van der Waals surface area (Å²) < 4.78 is 0. The topological polar surface area (TPSA) is 0 Å². The number of hydrogen-bond acceptors (Lipinski definition) is 0. The van der Waals surface area contributed by atoms with Gasteiger partial charge in [0.25, 0.3) is 0 Å². The molecule has 1 saturated carbocycles. The van der Waals surface area contributed by atoms with Crippen molar-refractivity contribution in [3.05, 3.63) is 5.92 Å². The van der Waals surface area contributed by atoms with Gasteiger partial charge in [-0.1, -0.05) is 19.8 Å². The predicted octanol–water partition coefficient (Wildman–Crippen LogP) is 2.54. The fourth-order valence-corrected chi connectivity index (χ4v) is 1.23. The Labute approximate surface area is 75.8 Å². The van der Waals surface area contributed by atoms with Crippen LogP contribution in [-0.2, 0) is 0 Å². The molecule has 1 aliphatic carbocycles. The summed E-state index contributed by atoms with van der Waals surface area (Å²) in [5.41, 5.74) is 0. The van der Waals surface area contributed by atoms with Crippen LogP contribution in [0.3, 0.4) is 0 Å². The summed E-state index contributed by atoms with van der Waals surface area (Å²) in [5, 5.41) is 0. The Balaban J connectivity index is 0.000000490. The minimum absolute atomic E-state index is 0. The van der Waals surface area contributed by atoms with E-state index in [1.54, 1.807) is 5.92 Å². The molecule has 0 N–H and O–H groups in total. The van der Waals surface area contributed by atoms with Gasteiger partial charge in [-0.2, -0.15) is 19.3 Å². The fourth-order valence-electron chi connectivity index (χ4n) is 1.23. The molecule has 0 aromatic heterocycles. The summed E-state index contributed by atoms with van der Waals surface area (Å²) in [4.78, 5) is 0. The van der Waals surface area contributed by atoms with Crippen molar-refractivity contribution >= 4 is 0 Å². The van der Waals surface area contributed by atoms with Gasteiger partial charge >= 0.3 is 0 Å². The molecule has 1 aliphatic rings. The molecule has 46 valence electrons. The first-order valence-corrected chi connectivity index (χ1v) is 3.27. The van der Waals surface area contributed by atoms with Crippen molar-refractivity contribution in [3.8, 4) is 0 Å². The minimum Gasteiger partial charge on any atom is -0.314 e. The second-order valence-electron chi connectivity index (χ2n) is 2.31. The van der Waals surface area contributed by atoms with Crippen LogP contribution in [-0.4, -0.2) is 0 Å². The summed E-state index contributed by atoms with van der Waals surface area (Å²) in [6.45, 7) is 2.26. The predicted molar refractivity (Wildman–Crippen MR) is 32.0 cm³/mol. The fraction of sp³-hybridized carbons (Fsp3) is 0.857. The summed E-state index contributed by atoms with van der Waals surface area (Å²) in [7, 11) is 0. The first-order chi connectivity index (χ1) is 3.43. The third kappa shape index (κ3) is 2.56. The molecule has 8 heavy (non-hydrogen) atoms. The summed E-state index contributed by atoms with van der Waals surface area (Å²) in [6.07, 6.45) is 7.11. The number of hydrogen-bond donors (Lipinski definition) is 0. The third-order valence-electron chi connectivity index (χ3n) is 1.81. The van der Waals surface area contributed by atoms with Gasteiger partial charge in [-0.3, -0.25) is 0 Å². The van der Waals surface area contributed by atoms with E-state index in [9.17, 15) is 0 Å². The van der Waals surface area contributed by atoms with Crippen LogP contribution in [0.5, 0.6) is 0 Å². The molecule has 0 unspecified atom stereocenters. The summed E-state index contributed by atoms with van der Waals surface area (Å²) in [6, 6.07) is 0. The first-order valence-electron chi connectivity index (χ1n) is 3.27. The summed E-state index contributed by atoms with van der Waals surface area (Å²) in [5.74, 6) is 1.79. The molecule has 0 aliphatic heterocycles. The van der Waals surface area contributed by atoms with E-state index < -0.39 is 0 Å². The zero-order valence-electron chi connectivity index (χ0n) is 5.54.